The number of ether oxygens (including phenoxy) is 1. The molecule has 0 atom stereocenters. The molecule has 0 unspecified atom stereocenters. The second-order valence-electron chi connectivity index (χ2n) is 6.49. The number of hydrogen-bond acceptors (Lipinski definition) is 4. The first-order valence-electron chi connectivity index (χ1n) is 8.98. The molecule has 0 bridgehead atoms. The van der Waals surface area contributed by atoms with Gasteiger partial charge in [0.1, 0.15) is 0 Å². The van der Waals surface area contributed by atoms with Gasteiger partial charge in [-0.1, -0.05) is 6.07 Å². The van der Waals surface area contributed by atoms with Crippen LogP contribution in [-0.4, -0.2) is 30.5 Å². The monoisotopic (exact) mass is 369 g/mol. The van der Waals surface area contributed by atoms with Gasteiger partial charge in [-0.25, -0.2) is 0 Å². The van der Waals surface area contributed by atoms with E-state index >= 15 is 0 Å². The van der Waals surface area contributed by atoms with E-state index < -0.39 is 0 Å². The smallest absolute Gasteiger partial charge is 0.332 e. The molecule has 1 heterocycles. The summed E-state index contributed by atoms with van der Waals surface area (Å²) in [6, 6.07) is 8.22. The number of amides is 1. The van der Waals surface area contributed by atoms with E-state index in [1.807, 2.05) is 27.7 Å². The number of para-hydroxylation sites is 1. The molecule has 142 valence electrons. The molecule has 7 heteroatoms. The predicted molar refractivity (Wildman–Crippen MR) is 102 cm³/mol. The molecule has 0 aliphatic carbocycles. The molecular weight excluding hydrogens is 346 g/mol. The van der Waals surface area contributed by atoms with Crippen LogP contribution in [0, 0.1) is 24.3 Å². The van der Waals surface area contributed by atoms with Crippen molar-refractivity contribution in [3.8, 4) is 5.75 Å². The van der Waals surface area contributed by atoms with Crippen LogP contribution in [0.4, 0.5) is 0 Å². The molecule has 0 saturated heterocycles. The number of nitrogens with zero attached hydrogens (tertiary/aromatic N) is 3. The van der Waals surface area contributed by atoms with Crippen molar-refractivity contribution in [3.05, 3.63) is 51.9 Å². The van der Waals surface area contributed by atoms with Gasteiger partial charge in [-0.2, -0.15) is 9.46 Å². The number of hydrogen-bond donors (Lipinski definition) is 0. The Morgan fingerprint density at radius 3 is 2.19 bits per heavy atom. The molecule has 2 aromatic carbocycles. The van der Waals surface area contributed by atoms with Gasteiger partial charge in [0, 0.05) is 31.3 Å². The Balaban J connectivity index is 2.13. The number of rotatable bonds is 5. The topological polar surface area (TPSA) is 83.4 Å². The second kappa shape index (κ2) is 7.26. The van der Waals surface area contributed by atoms with E-state index in [9.17, 15) is 15.2 Å². The SMILES string of the molecule is CCN(CC)C(=O)COc1cccc2c1[n+]([O-])c1cc(C)c(C)cc1[n+]2[O-]. The number of benzene rings is 2. The van der Waals surface area contributed by atoms with Crippen LogP contribution in [0.1, 0.15) is 25.0 Å². The lowest BCUT2D eigenvalue weighted by molar-refractivity contribution is -0.591. The van der Waals surface area contributed by atoms with E-state index in [-0.39, 0.29) is 34.8 Å². The summed E-state index contributed by atoms with van der Waals surface area (Å²) in [4.78, 5) is 13.9. The van der Waals surface area contributed by atoms with Crippen molar-refractivity contribution < 1.29 is 19.0 Å². The minimum Gasteiger partial charge on any atom is -0.617 e. The average molecular weight is 369 g/mol. The van der Waals surface area contributed by atoms with E-state index in [0.29, 0.717) is 23.3 Å². The Kier molecular flexibility index (Phi) is 5.03. The van der Waals surface area contributed by atoms with Crippen LogP contribution in [0.5, 0.6) is 5.75 Å². The molecule has 0 fully saturated rings. The first-order chi connectivity index (χ1) is 12.9. The first kappa shape index (κ1) is 18.7. The molecule has 0 N–H and O–H groups in total. The number of carbonyl (C=O) groups excluding carboxylic acids is 1. The van der Waals surface area contributed by atoms with Crippen LogP contribution in [0.15, 0.2) is 30.3 Å². The first-order valence-corrected chi connectivity index (χ1v) is 8.98. The van der Waals surface area contributed by atoms with Crippen LogP contribution < -0.4 is 14.2 Å². The maximum Gasteiger partial charge on any atom is 0.332 e. The zero-order chi connectivity index (χ0) is 19.7. The fourth-order valence-electron chi connectivity index (χ4n) is 3.16. The molecule has 0 aliphatic heterocycles. The lowest BCUT2D eigenvalue weighted by Crippen LogP contribution is -2.40. The molecular formula is C20H23N3O4. The standard InChI is InChI=1S/C20H23N3O4/c1-5-21(6-2)19(24)12-27-18-9-7-8-15-20(18)23(26)17-11-14(4)13(3)10-16(17)22(15)25/h7-11H,5-6,12H2,1-4H3. The third-order valence-electron chi connectivity index (χ3n) is 4.90. The molecule has 0 spiro atoms. The largest absolute Gasteiger partial charge is 0.617 e. The number of carbonyl (C=O) groups is 1. The van der Waals surface area contributed by atoms with Crippen molar-refractivity contribution in [2.75, 3.05) is 19.7 Å². The molecule has 1 aromatic heterocycles. The Hall–Kier alpha value is -3.09. The normalized spacial score (nSPS) is 11.1. The minimum absolute atomic E-state index is 0.121. The van der Waals surface area contributed by atoms with Crippen molar-refractivity contribution in [2.24, 2.45) is 0 Å². The summed E-state index contributed by atoms with van der Waals surface area (Å²) in [5.74, 6) is 0.0458. The molecule has 1 amide bonds. The Labute approximate surface area is 157 Å². The summed E-state index contributed by atoms with van der Waals surface area (Å²) < 4.78 is 7.09. The van der Waals surface area contributed by atoms with E-state index in [0.717, 1.165) is 15.9 Å². The molecule has 27 heavy (non-hydrogen) atoms. The average Bonchev–Trinajstić information content (AvgIpc) is 2.66. The van der Waals surface area contributed by atoms with Gasteiger partial charge in [0.15, 0.2) is 12.4 Å². The molecule has 3 rings (SSSR count). The summed E-state index contributed by atoms with van der Waals surface area (Å²) in [7, 11) is 0. The Bertz CT molecular complexity index is 1030. The van der Waals surface area contributed by atoms with E-state index in [1.165, 1.54) is 0 Å². The van der Waals surface area contributed by atoms with E-state index in [2.05, 4.69) is 0 Å². The van der Waals surface area contributed by atoms with Gasteiger partial charge in [0.2, 0.25) is 0 Å². The highest BCUT2D eigenvalue weighted by molar-refractivity contribution is 5.82. The van der Waals surface area contributed by atoms with Crippen LogP contribution in [0.25, 0.3) is 22.1 Å². The van der Waals surface area contributed by atoms with Crippen molar-refractivity contribution in [2.45, 2.75) is 27.7 Å². The van der Waals surface area contributed by atoms with Gasteiger partial charge in [-0.15, -0.1) is 0 Å². The van der Waals surface area contributed by atoms with Crippen molar-refractivity contribution in [1.29, 1.82) is 0 Å². The summed E-state index contributed by atoms with van der Waals surface area (Å²) in [6.45, 7) is 8.54. The van der Waals surface area contributed by atoms with Gasteiger partial charge >= 0.3 is 5.52 Å². The zero-order valence-electron chi connectivity index (χ0n) is 16.0. The van der Waals surface area contributed by atoms with Crippen LogP contribution >= 0.6 is 0 Å². The fourth-order valence-corrected chi connectivity index (χ4v) is 3.16. The van der Waals surface area contributed by atoms with Gasteiger partial charge in [-0.05, 0) is 44.9 Å². The quantitative estimate of drug-likeness (QED) is 0.392. The summed E-state index contributed by atoms with van der Waals surface area (Å²) in [6.07, 6.45) is 0. The highest BCUT2D eigenvalue weighted by Crippen LogP contribution is 2.24. The van der Waals surface area contributed by atoms with Gasteiger partial charge < -0.3 is 20.1 Å². The Morgan fingerprint density at radius 2 is 1.59 bits per heavy atom. The number of aryl methyl sites for hydroxylation is 2. The highest BCUT2D eigenvalue weighted by Gasteiger charge is 2.26. The zero-order valence-corrected chi connectivity index (χ0v) is 16.0. The molecule has 3 aromatic rings. The fraction of sp³-hybridized carbons (Fsp3) is 0.350. The minimum atomic E-state index is -0.190. The van der Waals surface area contributed by atoms with E-state index in [1.54, 1.807) is 35.2 Å². The van der Waals surface area contributed by atoms with Gasteiger partial charge in [-0.3, -0.25) is 4.79 Å². The van der Waals surface area contributed by atoms with Crippen molar-refractivity contribution in [3.63, 3.8) is 0 Å². The van der Waals surface area contributed by atoms with Crippen LogP contribution in [0.2, 0.25) is 0 Å². The van der Waals surface area contributed by atoms with Gasteiger partial charge in [0.05, 0.1) is 0 Å². The Morgan fingerprint density at radius 1 is 1.00 bits per heavy atom. The van der Waals surface area contributed by atoms with Crippen molar-refractivity contribution in [1.82, 2.24) is 4.90 Å². The maximum absolute atomic E-state index is 13.0. The molecule has 0 saturated carbocycles. The predicted octanol–water partition coefficient (Wildman–Crippen LogP) is 2.12. The third-order valence-corrected chi connectivity index (χ3v) is 4.90. The highest BCUT2D eigenvalue weighted by atomic mass is 16.5. The number of likely N-dealkylation sites (N-methyl/N-ethyl adjacent to an activating group) is 1. The number of aromatic nitrogens is 2. The lowest BCUT2D eigenvalue weighted by atomic mass is 10.1. The van der Waals surface area contributed by atoms with Gasteiger partial charge in [0.25, 0.3) is 22.5 Å². The van der Waals surface area contributed by atoms with E-state index in [4.69, 9.17) is 4.74 Å². The summed E-state index contributed by atoms with van der Waals surface area (Å²) in [5, 5.41) is 25.8. The second-order valence-corrected chi connectivity index (χ2v) is 6.49. The third kappa shape index (κ3) is 3.20. The van der Waals surface area contributed by atoms with Crippen LogP contribution in [0.3, 0.4) is 0 Å². The summed E-state index contributed by atoms with van der Waals surface area (Å²) in [5.41, 5.74) is 2.75. The number of fused-ring (bicyclic) bond motifs is 2. The molecule has 0 aliphatic rings. The maximum atomic E-state index is 13.0. The lowest BCUT2D eigenvalue weighted by Gasteiger charge is -2.18. The van der Waals surface area contributed by atoms with Crippen LogP contribution in [-0.2, 0) is 4.79 Å². The van der Waals surface area contributed by atoms with Crippen molar-refractivity contribution >= 4 is 28.0 Å². The molecule has 7 nitrogen and oxygen atoms in total. The summed E-state index contributed by atoms with van der Waals surface area (Å²) >= 11 is 0. The molecule has 0 radical (unpaired) electrons.